The van der Waals surface area contributed by atoms with E-state index >= 15 is 0 Å². The smallest absolute Gasteiger partial charge is 0.135 e. The molecule has 86 valence electrons. The van der Waals surface area contributed by atoms with Gasteiger partial charge in [-0.3, -0.25) is 4.79 Å². The number of aliphatic hydroxyl groups excluding tert-OH is 1. The van der Waals surface area contributed by atoms with Crippen LogP contribution in [0, 0.1) is 23.2 Å². The molecule has 0 radical (unpaired) electrons. The molecule has 15 heavy (non-hydrogen) atoms. The predicted molar refractivity (Wildman–Crippen MR) is 59.4 cm³/mol. The van der Waals surface area contributed by atoms with Crippen molar-refractivity contribution >= 4 is 5.78 Å². The molecule has 2 aliphatic carbocycles. The SMILES string of the molecule is CC(=O)C1CC2CCCC(C)C2(C)C1O. The van der Waals surface area contributed by atoms with Crippen LogP contribution in [-0.2, 0) is 4.79 Å². The minimum absolute atomic E-state index is 0.00537. The van der Waals surface area contributed by atoms with E-state index in [2.05, 4.69) is 13.8 Å². The van der Waals surface area contributed by atoms with Crippen LogP contribution >= 0.6 is 0 Å². The normalized spacial score (nSPS) is 50.1. The highest BCUT2D eigenvalue weighted by Gasteiger charge is 2.56. The maximum absolute atomic E-state index is 11.5. The van der Waals surface area contributed by atoms with Crippen LogP contribution in [0.2, 0.25) is 0 Å². The van der Waals surface area contributed by atoms with Gasteiger partial charge in [0, 0.05) is 5.92 Å². The Bertz CT molecular complexity index is 274. The quantitative estimate of drug-likeness (QED) is 0.721. The van der Waals surface area contributed by atoms with E-state index in [9.17, 15) is 9.90 Å². The van der Waals surface area contributed by atoms with Crippen LogP contribution in [0.3, 0.4) is 0 Å². The maximum atomic E-state index is 11.5. The summed E-state index contributed by atoms with van der Waals surface area (Å²) in [5, 5.41) is 10.4. The molecule has 5 unspecified atom stereocenters. The van der Waals surface area contributed by atoms with Crippen molar-refractivity contribution in [3.63, 3.8) is 0 Å². The van der Waals surface area contributed by atoms with Crippen LogP contribution < -0.4 is 0 Å². The van der Waals surface area contributed by atoms with Gasteiger partial charge in [0.25, 0.3) is 0 Å². The molecule has 1 N–H and O–H groups in total. The Balaban J connectivity index is 2.28. The third-order valence-electron chi connectivity index (χ3n) is 5.21. The molecule has 0 saturated heterocycles. The lowest BCUT2D eigenvalue weighted by atomic mass is 9.62. The fourth-order valence-corrected chi connectivity index (χ4v) is 3.86. The Labute approximate surface area is 92.1 Å². The van der Waals surface area contributed by atoms with Crippen molar-refractivity contribution in [1.29, 1.82) is 0 Å². The van der Waals surface area contributed by atoms with E-state index in [-0.39, 0.29) is 17.1 Å². The molecule has 2 saturated carbocycles. The number of hydrogen-bond donors (Lipinski definition) is 1. The number of aliphatic hydroxyl groups is 1. The molecule has 0 aromatic carbocycles. The Kier molecular flexibility index (Phi) is 2.66. The van der Waals surface area contributed by atoms with Crippen molar-refractivity contribution in [2.45, 2.75) is 52.6 Å². The standard InChI is InChI=1S/C13H22O2/c1-8-5-4-6-10-7-11(9(2)14)12(15)13(8,10)3/h8,10-12,15H,4-7H2,1-3H3. The van der Waals surface area contributed by atoms with E-state index in [1.54, 1.807) is 6.92 Å². The van der Waals surface area contributed by atoms with E-state index in [4.69, 9.17) is 0 Å². The summed E-state index contributed by atoms with van der Waals surface area (Å²) >= 11 is 0. The Hall–Kier alpha value is -0.370. The molecule has 0 amide bonds. The van der Waals surface area contributed by atoms with E-state index in [1.165, 1.54) is 19.3 Å². The first kappa shape index (κ1) is 11.1. The summed E-state index contributed by atoms with van der Waals surface area (Å²) in [6.45, 7) is 6.05. The van der Waals surface area contributed by atoms with E-state index < -0.39 is 6.10 Å². The number of Topliss-reactive ketones (excluding diaryl/α,β-unsaturated/α-hetero) is 1. The van der Waals surface area contributed by atoms with Gasteiger partial charge in [-0.05, 0) is 37.0 Å². The number of hydrogen-bond acceptors (Lipinski definition) is 2. The van der Waals surface area contributed by atoms with Gasteiger partial charge < -0.3 is 5.11 Å². The average molecular weight is 210 g/mol. The van der Waals surface area contributed by atoms with E-state index in [0.29, 0.717) is 11.8 Å². The van der Waals surface area contributed by atoms with Crippen LogP contribution in [0.25, 0.3) is 0 Å². The first-order valence-electron chi connectivity index (χ1n) is 6.16. The topological polar surface area (TPSA) is 37.3 Å². The number of rotatable bonds is 1. The molecular formula is C13H22O2. The van der Waals surface area contributed by atoms with Gasteiger partial charge in [0.1, 0.15) is 5.78 Å². The highest BCUT2D eigenvalue weighted by Crippen LogP contribution is 2.57. The second kappa shape index (κ2) is 3.58. The fourth-order valence-electron chi connectivity index (χ4n) is 3.86. The summed E-state index contributed by atoms with van der Waals surface area (Å²) in [4.78, 5) is 11.5. The third-order valence-corrected chi connectivity index (χ3v) is 5.21. The van der Waals surface area contributed by atoms with Crippen molar-refractivity contribution in [2.24, 2.45) is 23.2 Å². The van der Waals surface area contributed by atoms with Crippen LogP contribution in [0.15, 0.2) is 0 Å². The molecule has 2 fully saturated rings. The lowest BCUT2D eigenvalue weighted by Gasteiger charge is -2.44. The van der Waals surface area contributed by atoms with Gasteiger partial charge in [-0.25, -0.2) is 0 Å². The van der Waals surface area contributed by atoms with Crippen LogP contribution in [-0.4, -0.2) is 17.0 Å². The molecule has 2 aliphatic rings. The van der Waals surface area contributed by atoms with Crippen molar-refractivity contribution in [3.8, 4) is 0 Å². The molecule has 5 atom stereocenters. The zero-order valence-electron chi connectivity index (χ0n) is 9.99. The van der Waals surface area contributed by atoms with E-state index in [0.717, 1.165) is 6.42 Å². The summed E-state index contributed by atoms with van der Waals surface area (Å²) < 4.78 is 0. The Morgan fingerprint density at radius 1 is 1.40 bits per heavy atom. The van der Waals surface area contributed by atoms with Gasteiger partial charge in [-0.2, -0.15) is 0 Å². The van der Waals surface area contributed by atoms with Crippen molar-refractivity contribution < 1.29 is 9.90 Å². The molecule has 0 heterocycles. The molecule has 0 aromatic heterocycles. The van der Waals surface area contributed by atoms with Crippen LogP contribution in [0.1, 0.15) is 46.5 Å². The molecule has 0 spiro atoms. The van der Waals surface area contributed by atoms with Crippen LogP contribution in [0.5, 0.6) is 0 Å². The van der Waals surface area contributed by atoms with Crippen molar-refractivity contribution in [2.75, 3.05) is 0 Å². The lowest BCUT2D eigenvalue weighted by molar-refractivity contribution is -0.125. The molecular weight excluding hydrogens is 188 g/mol. The number of ketones is 1. The molecule has 2 rings (SSSR count). The Morgan fingerprint density at radius 3 is 2.60 bits per heavy atom. The van der Waals surface area contributed by atoms with Gasteiger partial charge >= 0.3 is 0 Å². The summed E-state index contributed by atoms with van der Waals surface area (Å²) in [7, 11) is 0. The largest absolute Gasteiger partial charge is 0.392 e. The molecule has 2 heteroatoms. The monoisotopic (exact) mass is 210 g/mol. The van der Waals surface area contributed by atoms with Gasteiger partial charge in [-0.1, -0.05) is 26.7 Å². The Morgan fingerprint density at radius 2 is 2.07 bits per heavy atom. The zero-order chi connectivity index (χ0) is 11.2. The first-order valence-corrected chi connectivity index (χ1v) is 6.16. The molecule has 0 aromatic rings. The number of fused-ring (bicyclic) bond motifs is 1. The van der Waals surface area contributed by atoms with Gasteiger partial charge in [0.2, 0.25) is 0 Å². The van der Waals surface area contributed by atoms with Gasteiger partial charge in [0.15, 0.2) is 0 Å². The lowest BCUT2D eigenvalue weighted by Crippen LogP contribution is -2.43. The summed E-state index contributed by atoms with van der Waals surface area (Å²) in [5.74, 6) is 1.19. The summed E-state index contributed by atoms with van der Waals surface area (Å²) in [6.07, 6.45) is 4.17. The minimum Gasteiger partial charge on any atom is -0.392 e. The van der Waals surface area contributed by atoms with Crippen molar-refractivity contribution in [1.82, 2.24) is 0 Å². The third kappa shape index (κ3) is 1.45. The predicted octanol–water partition coefficient (Wildman–Crippen LogP) is 2.40. The average Bonchev–Trinajstić information content (AvgIpc) is 2.43. The second-order valence-electron chi connectivity index (χ2n) is 5.79. The minimum atomic E-state index is -0.407. The highest BCUT2D eigenvalue weighted by molar-refractivity contribution is 5.79. The van der Waals surface area contributed by atoms with Gasteiger partial charge in [0.05, 0.1) is 6.10 Å². The molecule has 0 bridgehead atoms. The zero-order valence-corrected chi connectivity index (χ0v) is 9.99. The maximum Gasteiger partial charge on any atom is 0.135 e. The summed E-state index contributed by atoms with van der Waals surface area (Å²) in [6, 6.07) is 0. The second-order valence-corrected chi connectivity index (χ2v) is 5.79. The van der Waals surface area contributed by atoms with Crippen LogP contribution in [0.4, 0.5) is 0 Å². The van der Waals surface area contributed by atoms with E-state index in [1.807, 2.05) is 0 Å². The fraction of sp³-hybridized carbons (Fsp3) is 0.923. The number of carbonyl (C=O) groups is 1. The molecule has 2 nitrogen and oxygen atoms in total. The number of carbonyl (C=O) groups excluding carboxylic acids is 1. The molecule has 0 aliphatic heterocycles. The first-order chi connectivity index (χ1) is 6.98. The summed E-state index contributed by atoms with van der Waals surface area (Å²) in [5.41, 5.74) is -0.00537. The highest BCUT2D eigenvalue weighted by atomic mass is 16.3. The van der Waals surface area contributed by atoms with Crippen molar-refractivity contribution in [3.05, 3.63) is 0 Å². The van der Waals surface area contributed by atoms with Gasteiger partial charge in [-0.15, -0.1) is 0 Å².